The largest absolute Gasteiger partial charge is 0.342 e. The van der Waals surface area contributed by atoms with Crippen LogP contribution < -0.4 is 4.90 Å². The Hall–Kier alpha value is -1.18. The molecule has 0 N–H and O–H groups in total. The van der Waals surface area contributed by atoms with E-state index in [1.54, 1.807) is 6.07 Å². The molecule has 0 bridgehead atoms. The summed E-state index contributed by atoms with van der Waals surface area (Å²) in [6.45, 7) is 1.94. The second-order valence-corrected chi connectivity index (χ2v) is 7.61. The molecule has 2 saturated heterocycles. The fraction of sp³-hybridized carbons (Fsp3) is 0.625. The maximum atomic E-state index is 13.4. The van der Waals surface area contributed by atoms with Crippen LogP contribution in [0.15, 0.2) is 6.07 Å². The molecule has 2 aliphatic heterocycles. The van der Waals surface area contributed by atoms with E-state index in [1.807, 2.05) is 16.5 Å². The molecule has 0 radical (unpaired) electrons. The van der Waals surface area contributed by atoms with Crippen molar-refractivity contribution in [2.45, 2.75) is 31.2 Å². The van der Waals surface area contributed by atoms with Crippen LogP contribution in [0.2, 0.25) is 10.3 Å². The Morgan fingerprint density at radius 2 is 1.88 bits per heavy atom. The van der Waals surface area contributed by atoms with Crippen molar-refractivity contribution >= 4 is 40.2 Å². The molecule has 0 unspecified atom stereocenters. The summed E-state index contributed by atoms with van der Waals surface area (Å²) in [5.41, 5.74) is 1.46. The molecule has 136 valence electrons. The predicted octanol–water partition coefficient (Wildman–Crippen LogP) is 3.58. The Bertz CT molecular complexity index is 801. The standard InChI is InChI=1S/C16H19Cl2F2N5/c1-23-11-8-12(17)21-14(18)13(11)22-15(23)24-5-2-10(3-6-24)25-7-4-16(19,20)9-25/h8,10H,2-7,9H2,1H3. The number of hydrogen-bond donors (Lipinski definition) is 0. The van der Waals surface area contributed by atoms with Crippen LogP contribution in [0.25, 0.3) is 11.0 Å². The first kappa shape index (κ1) is 17.2. The lowest BCUT2D eigenvalue weighted by Gasteiger charge is -2.37. The van der Waals surface area contributed by atoms with Crippen LogP contribution in [-0.4, -0.2) is 57.6 Å². The van der Waals surface area contributed by atoms with Crippen molar-refractivity contribution in [3.63, 3.8) is 0 Å². The lowest BCUT2D eigenvalue weighted by atomic mass is 10.0. The second kappa shape index (κ2) is 6.21. The maximum absolute atomic E-state index is 13.4. The Morgan fingerprint density at radius 3 is 2.52 bits per heavy atom. The van der Waals surface area contributed by atoms with Gasteiger partial charge in [-0.15, -0.1) is 0 Å². The van der Waals surface area contributed by atoms with E-state index >= 15 is 0 Å². The molecule has 0 atom stereocenters. The van der Waals surface area contributed by atoms with Gasteiger partial charge in [0, 0.05) is 45.2 Å². The van der Waals surface area contributed by atoms with Crippen LogP contribution in [0.1, 0.15) is 19.3 Å². The number of rotatable bonds is 2. The number of halogens is 4. The molecule has 0 amide bonds. The van der Waals surface area contributed by atoms with Gasteiger partial charge in [0.1, 0.15) is 10.7 Å². The third-order valence-corrected chi connectivity index (χ3v) is 5.69. The van der Waals surface area contributed by atoms with Gasteiger partial charge in [-0.3, -0.25) is 4.90 Å². The number of nitrogens with zero attached hydrogens (tertiary/aromatic N) is 5. The number of fused-ring (bicyclic) bond motifs is 1. The minimum Gasteiger partial charge on any atom is -0.342 e. The van der Waals surface area contributed by atoms with E-state index in [2.05, 4.69) is 14.9 Å². The number of aryl methyl sites for hydroxylation is 1. The van der Waals surface area contributed by atoms with Gasteiger partial charge in [-0.25, -0.2) is 18.7 Å². The highest BCUT2D eigenvalue weighted by Gasteiger charge is 2.41. The highest BCUT2D eigenvalue weighted by Crippen LogP contribution is 2.33. The van der Waals surface area contributed by atoms with Crippen molar-refractivity contribution in [3.05, 3.63) is 16.4 Å². The average molecular weight is 390 g/mol. The van der Waals surface area contributed by atoms with Crippen LogP contribution >= 0.6 is 23.2 Å². The van der Waals surface area contributed by atoms with E-state index < -0.39 is 5.92 Å². The van der Waals surface area contributed by atoms with Crippen molar-refractivity contribution in [1.82, 2.24) is 19.4 Å². The van der Waals surface area contributed by atoms with Crippen LogP contribution in [0.4, 0.5) is 14.7 Å². The number of likely N-dealkylation sites (tertiary alicyclic amines) is 1. The molecular weight excluding hydrogens is 371 g/mol. The molecule has 0 aromatic carbocycles. The molecule has 4 heterocycles. The lowest BCUT2D eigenvalue weighted by molar-refractivity contribution is 0.00627. The second-order valence-electron chi connectivity index (χ2n) is 6.87. The van der Waals surface area contributed by atoms with E-state index in [1.165, 1.54) is 0 Å². The number of imidazole rings is 1. The summed E-state index contributed by atoms with van der Waals surface area (Å²) in [5, 5.41) is 0.624. The van der Waals surface area contributed by atoms with E-state index in [0.29, 0.717) is 22.4 Å². The Morgan fingerprint density at radius 1 is 1.16 bits per heavy atom. The number of pyridine rings is 1. The first-order valence-corrected chi connectivity index (χ1v) is 9.15. The molecule has 2 aromatic heterocycles. The zero-order valence-electron chi connectivity index (χ0n) is 13.9. The van der Waals surface area contributed by atoms with E-state index in [4.69, 9.17) is 23.2 Å². The molecule has 9 heteroatoms. The summed E-state index contributed by atoms with van der Waals surface area (Å²) in [6, 6.07) is 1.97. The summed E-state index contributed by atoms with van der Waals surface area (Å²) in [5.74, 6) is -1.72. The summed E-state index contributed by atoms with van der Waals surface area (Å²) in [7, 11) is 1.92. The number of hydrogen-bond acceptors (Lipinski definition) is 4. The molecule has 2 fully saturated rings. The van der Waals surface area contributed by atoms with E-state index in [9.17, 15) is 8.78 Å². The highest BCUT2D eigenvalue weighted by atomic mass is 35.5. The minimum absolute atomic E-state index is 0.0236. The first-order valence-electron chi connectivity index (χ1n) is 8.39. The van der Waals surface area contributed by atoms with Crippen molar-refractivity contribution < 1.29 is 8.78 Å². The lowest BCUT2D eigenvalue weighted by Crippen LogP contribution is -2.45. The molecule has 5 nitrogen and oxygen atoms in total. The van der Waals surface area contributed by atoms with Crippen molar-refractivity contribution in [2.75, 3.05) is 31.1 Å². The Kier molecular flexibility index (Phi) is 4.29. The SMILES string of the molecule is Cn1c(N2CCC(N3CCC(F)(F)C3)CC2)nc2c(Cl)nc(Cl)cc21. The fourth-order valence-corrected chi connectivity index (χ4v) is 4.36. The van der Waals surface area contributed by atoms with Gasteiger partial charge in [-0.2, -0.15) is 0 Å². The van der Waals surface area contributed by atoms with Gasteiger partial charge in [0.05, 0.1) is 12.1 Å². The van der Waals surface area contributed by atoms with Crippen molar-refractivity contribution in [2.24, 2.45) is 7.05 Å². The van der Waals surface area contributed by atoms with Gasteiger partial charge < -0.3 is 9.47 Å². The van der Waals surface area contributed by atoms with Gasteiger partial charge in [0.25, 0.3) is 5.92 Å². The molecule has 25 heavy (non-hydrogen) atoms. The van der Waals surface area contributed by atoms with Crippen molar-refractivity contribution in [1.29, 1.82) is 0 Å². The molecule has 0 spiro atoms. The van der Waals surface area contributed by atoms with Crippen LogP contribution in [0, 0.1) is 0 Å². The normalized spacial score (nSPS) is 22.2. The molecule has 0 aliphatic carbocycles. The fourth-order valence-electron chi connectivity index (χ4n) is 3.90. The van der Waals surface area contributed by atoms with Crippen LogP contribution in [0.5, 0.6) is 0 Å². The summed E-state index contributed by atoms with van der Waals surface area (Å²) >= 11 is 12.1. The average Bonchev–Trinajstić information content (AvgIpc) is 3.08. The van der Waals surface area contributed by atoms with E-state index in [0.717, 1.165) is 37.4 Å². The Balaban J connectivity index is 1.50. The van der Waals surface area contributed by atoms with Gasteiger partial charge in [-0.05, 0) is 12.8 Å². The summed E-state index contributed by atoms with van der Waals surface area (Å²) in [4.78, 5) is 12.8. The maximum Gasteiger partial charge on any atom is 0.261 e. The molecular formula is C16H19Cl2F2N5. The first-order chi connectivity index (χ1) is 11.8. The number of aromatic nitrogens is 3. The Labute approximate surface area is 154 Å². The molecule has 2 aliphatic rings. The predicted molar refractivity (Wildman–Crippen MR) is 94.9 cm³/mol. The number of anilines is 1. The zero-order valence-corrected chi connectivity index (χ0v) is 15.4. The van der Waals surface area contributed by atoms with Crippen molar-refractivity contribution in [3.8, 4) is 0 Å². The number of alkyl halides is 2. The summed E-state index contributed by atoms with van der Waals surface area (Å²) < 4.78 is 28.8. The number of piperidine rings is 1. The smallest absolute Gasteiger partial charge is 0.261 e. The zero-order chi connectivity index (χ0) is 17.8. The van der Waals surface area contributed by atoms with Gasteiger partial charge in [-0.1, -0.05) is 23.2 Å². The molecule has 4 rings (SSSR count). The van der Waals surface area contributed by atoms with Gasteiger partial charge in [0.15, 0.2) is 5.15 Å². The van der Waals surface area contributed by atoms with Gasteiger partial charge >= 0.3 is 0 Å². The minimum atomic E-state index is -2.53. The monoisotopic (exact) mass is 389 g/mol. The third-order valence-electron chi connectivity index (χ3n) is 5.23. The molecule has 2 aromatic rings. The summed E-state index contributed by atoms with van der Waals surface area (Å²) in [6.07, 6.45) is 1.68. The van der Waals surface area contributed by atoms with Gasteiger partial charge in [0.2, 0.25) is 5.95 Å². The van der Waals surface area contributed by atoms with Crippen LogP contribution in [0.3, 0.4) is 0 Å². The highest BCUT2D eigenvalue weighted by molar-refractivity contribution is 6.36. The van der Waals surface area contributed by atoms with Crippen LogP contribution in [-0.2, 0) is 7.05 Å². The third kappa shape index (κ3) is 3.17. The topological polar surface area (TPSA) is 37.2 Å². The van der Waals surface area contributed by atoms with E-state index in [-0.39, 0.29) is 19.0 Å². The molecule has 0 saturated carbocycles. The quantitative estimate of drug-likeness (QED) is 0.735.